The second kappa shape index (κ2) is 6.90. The highest BCUT2D eigenvalue weighted by Crippen LogP contribution is 2.28. The van der Waals surface area contributed by atoms with E-state index in [0.717, 1.165) is 11.3 Å². The van der Waals surface area contributed by atoms with Crippen LogP contribution in [0.3, 0.4) is 0 Å². The van der Waals surface area contributed by atoms with E-state index in [1.54, 1.807) is 0 Å². The summed E-state index contributed by atoms with van der Waals surface area (Å²) >= 11 is 2.11. The molecular weight excluding hydrogens is 214 g/mol. The highest BCUT2D eigenvalue weighted by atomic mass is 32.2. The van der Waals surface area contributed by atoms with Crippen molar-refractivity contribution in [1.82, 2.24) is 5.32 Å². The third-order valence-corrected chi connectivity index (χ3v) is 4.88. The topological polar surface area (TPSA) is 12.0 Å². The van der Waals surface area contributed by atoms with Gasteiger partial charge in [0.05, 0.1) is 0 Å². The lowest BCUT2D eigenvalue weighted by atomic mass is 9.86. The molecule has 0 aliphatic carbocycles. The van der Waals surface area contributed by atoms with E-state index < -0.39 is 0 Å². The molecule has 16 heavy (non-hydrogen) atoms. The summed E-state index contributed by atoms with van der Waals surface area (Å²) in [6.45, 7) is 10.6. The van der Waals surface area contributed by atoms with Crippen LogP contribution in [0.5, 0.6) is 0 Å². The van der Waals surface area contributed by atoms with Gasteiger partial charge in [-0.2, -0.15) is 11.8 Å². The normalized spacial score (nSPS) is 26.2. The Morgan fingerprint density at radius 1 is 1.31 bits per heavy atom. The summed E-state index contributed by atoms with van der Waals surface area (Å²) in [5.41, 5.74) is 0.478. The molecule has 0 aromatic heterocycles. The summed E-state index contributed by atoms with van der Waals surface area (Å²) in [7, 11) is 0. The van der Waals surface area contributed by atoms with Gasteiger partial charge < -0.3 is 5.32 Å². The first-order chi connectivity index (χ1) is 7.53. The van der Waals surface area contributed by atoms with E-state index in [1.165, 1.54) is 44.4 Å². The van der Waals surface area contributed by atoms with Crippen LogP contribution in [-0.2, 0) is 0 Å². The predicted molar refractivity (Wildman–Crippen MR) is 76.3 cm³/mol. The SMILES string of the molecule is CCCCCC(C)(C)CNC1CSC(C)C1. The van der Waals surface area contributed by atoms with Gasteiger partial charge in [-0.3, -0.25) is 0 Å². The van der Waals surface area contributed by atoms with E-state index in [-0.39, 0.29) is 0 Å². The van der Waals surface area contributed by atoms with Crippen LogP contribution in [0.25, 0.3) is 0 Å². The van der Waals surface area contributed by atoms with Crippen LogP contribution in [0.15, 0.2) is 0 Å². The van der Waals surface area contributed by atoms with Crippen molar-refractivity contribution in [2.24, 2.45) is 5.41 Å². The minimum Gasteiger partial charge on any atom is -0.313 e. The molecular formula is C14H29NS. The fourth-order valence-corrected chi connectivity index (χ4v) is 3.51. The third kappa shape index (κ3) is 5.58. The van der Waals surface area contributed by atoms with Crippen molar-refractivity contribution in [2.75, 3.05) is 12.3 Å². The zero-order chi connectivity index (χ0) is 12.0. The molecule has 2 unspecified atom stereocenters. The van der Waals surface area contributed by atoms with E-state index in [0.29, 0.717) is 5.41 Å². The average molecular weight is 243 g/mol. The Bertz CT molecular complexity index is 191. The van der Waals surface area contributed by atoms with Gasteiger partial charge >= 0.3 is 0 Å². The lowest BCUT2D eigenvalue weighted by Gasteiger charge is -2.27. The van der Waals surface area contributed by atoms with Crippen molar-refractivity contribution in [3.8, 4) is 0 Å². The fraction of sp³-hybridized carbons (Fsp3) is 1.00. The van der Waals surface area contributed by atoms with Gasteiger partial charge in [0.2, 0.25) is 0 Å². The Morgan fingerprint density at radius 3 is 2.62 bits per heavy atom. The van der Waals surface area contributed by atoms with Crippen molar-refractivity contribution in [3.05, 3.63) is 0 Å². The van der Waals surface area contributed by atoms with Crippen LogP contribution >= 0.6 is 11.8 Å². The van der Waals surface area contributed by atoms with Gasteiger partial charge in [0, 0.05) is 23.6 Å². The number of rotatable bonds is 7. The van der Waals surface area contributed by atoms with Gasteiger partial charge in [-0.1, -0.05) is 47.0 Å². The van der Waals surface area contributed by atoms with Crippen molar-refractivity contribution in [2.45, 2.75) is 71.1 Å². The zero-order valence-corrected chi connectivity index (χ0v) is 12.3. The fourth-order valence-electron chi connectivity index (χ4n) is 2.32. The molecule has 1 N–H and O–H groups in total. The van der Waals surface area contributed by atoms with Crippen LogP contribution in [0.1, 0.15) is 59.8 Å². The Hall–Kier alpha value is 0.310. The predicted octanol–water partition coefficient (Wildman–Crippen LogP) is 4.08. The molecule has 1 rings (SSSR count). The maximum absolute atomic E-state index is 3.76. The molecule has 1 heterocycles. The van der Waals surface area contributed by atoms with Gasteiger partial charge in [0.15, 0.2) is 0 Å². The average Bonchev–Trinajstić information content (AvgIpc) is 2.62. The second-order valence-electron chi connectivity index (χ2n) is 6.08. The molecule has 2 heteroatoms. The van der Waals surface area contributed by atoms with E-state index in [9.17, 15) is 0 Å². The summed E-state index contributed by atoms with van der Waals surface area (Å²) in [5, 5.41) is 4.62. The minimum absolute atomic E-state index is 0.478. The highest BCUT2D eigenvalue weighted by Gasteiger charge is 2.24. The molecule has 1 aliphatic heterocycles. The summed E-state index contributed by atoms with van der Waals surface area (Å²) in [5.74, 6) is 1.31. The number of thioether (sulfide) groups is 1. The molecule has 0 amide bonds. The van der Waals surface area contributed by atoms with Gasteiger partial charge in [0.25, 0.3) is 0 Å². The maximum Gasteiger partial charge on any atom is 0.0168 e. The van der Waals surface area contributed by atoms with E-state index in [4.69, 9.17) is 0 Å². The first-order valence-corrected chi connectivity index (χ1v) is 7.93. The number of hydrogen-bond acceptors (Lipinski definition) is 2. The lowest BCUT2D eigenvalue weighted by molar-refractivity contribution is 0.289. The maximum atomic E-state index is 3.76. The molecule has 1 nitrogen and oxygen atoms in total. The number of hydrogen-bond donors (Lipinski definition) is 1. The van der Waals surface area contributed by atoms with Crippen LogP contribution < -0.4 is 5.32 Å². The lowest BCUT2D eigenvalue weighted by Crippen LogP contribution is -2.37. The molecule has 0 aromatic carbocycles. The molecule has 0 aromatic rings. The van der Waals surface area contributed by atoms with E-state index in [2.05, 4.69) is 44.8 Å². The van der Waals surface area contributed by atoms with Gasteiger partial charge in [-0.15, -0.1) is 0 Å². The van der Waals surface area contributed by atoms with E-state index in [1.807, 2.05) is 0 Å². The molecule has 0 bridgehead atoms. The molecule has 96 valence electrons. The standard InChI is InChI=1S/C14H29NS/c1-5-6-7-8-14(3,4)11-15-13-9-12(2)16-10-13/h12-13,15H,5-11H2,1-4H3. The van der Waals surface area contributed by atoms with Crippen molar-refractivity contribution >= 4 is 11.8 Å². The largest absolute Gasteiger partial charge is 0.313 e. The van der Waals surface area contributed by atoms with Crippen LogP contribution in [0, 0.1) is 5.41 Å². The molecule has 2 atom stereocenters. The van der Waals surface area contributed by atoms with Gasteiger partial charge in [-0.05, 0) is 18.3 Å². The minimum atomic E-state index is 0.478. The Morgan fingerprint density at radius 2 is 2.06 bits per heavy atom. The van der Waals surface area contributed by atoms with Gasteiger partial charge in [-0.25, -0.2) is 0 Å². The summed E-state index contributed by atoms with van der Waals surface area (Å²) in [6.07, 6.45) is 6.83. The first-order valence-electron chi connectivity index (χ1n) is 6.88. The van der Waals surface area contributed by atoms with Crippen LogP contribution in [0.2, 0.25) is 0 Å². The van der Waals surface area contributed by atoms with Crippen molar-refractivity contribution in [3.63, 3.8) is 0 Å². The molecule has 0 spiro atoms. The molecule has 1 saturated heterocycles. The molecule has 1 fully saturated rings. The number of unbranched alkanes of at least 4 members (excludes halogenated alkanes) is 2. The van der Waals surface area contributed by atoms with Crippen molar-refractivity contribution in [1.29, 1.82) is 0 Å². The Labute approximate surface area is 106 Å². The summed E-state index contributed by atoms with van der Waals surface area (Å²) in [4.78, 5) is 0. The Balaban J connectivity index is 2.14. The Kier molecular flexibility index (Phi) is 6.20. The molecule has 1 aliphatic rings. The van der Waals surface area contributed by atoms with Crippen LogP contribution in [-0.4, -0.2) is 23.6 Å². The number of nitrogens with one attached hydrogen (secondary N) is 1. The summed E-state index contributed by atoms with van der Waals surface area (Å²) in [6, 6.07) is 0.769. The van der Waals surface area contributed by atoms with E-state index >= 15 is 0 Å². The zero-order valence-electron chi connectivity index (χ0n) is 11.5. The third-order valence-electron chi connectivity index (χ3n) is 3.52. The monoisotopic (exact) mass is 243 g/mol. The summed E-state index contributed by atoms with van der Waals surface area (Å²) < 4.78 is 0. The molecule has 0 saturated carbocycles. The van der Waals surface area contributed by atoms with Crippen LogP contribution in [0.4, 0.5) is 0 Å². The highest BCUT2D eigenvalue weighted by molar-refractivity contribution is 8.00. The van der Waals surface area contributed by atoms with Crippen molar-refractivity contribution < 1.29 is 0 Å². The second-order valence-corrected chi connectivity index (χ2v) is 7.55. The molecule has 0 radical (unpaired) electrons. The quantitative estimate of drug-likeness (QED) is 0.676. The smallest absolute Gasteiger partial charge is 0.0168 e. The van der Waals surface area contributed by atoms with Gasteiger partial charge in [0.1, 0.15) is 0 Å². The first kappa shape index (κ1) is 14.4.